The van der Waals surface area contributed by atoms with Gasteiger partial charge in [-0.2, -0.15) is 0 Å². The van der Waals surface area contributed by atoms with Gasteiger partial charge in [0.15, 0.2) is 6.10 Å². The molecule has 3 nitrogen and oxygen atoms in total. The van der Waals surface area contributed by atoms with Crippen LogP contribution in [0, 0.1) is 0 Å². The zero-order valence-corrected chi connectivity index (χ0v) is 5.23. The molecule has 0 aromatic heterocycles. The number of methoxy groups -OCH3 is 1. The van der Waals surface area contributed by atoms with Crippen molar-refractivity contribution >= 4 is 18.4 Å². The Bertz CT molecular complexity index is 89.3. The monoisotopic (exact) mass is 138 g/mol. The van der Waals surface area contributed by atoms with E-state index in [1.165, 1.54) is 7.11 Å². The summed E-state index contributed by atoms with van der Waals surface area (Å²) in [5.41, 5.74) is 0. The Hall–Kier alpha value is -0.280. The number of carbonyl (C=O) groups excluding carboxylic acids is 1. The van der Waals surface area contributed by atoms with E-state index in [4.69, 9.17) is 0 Å². The van der Waals surface area contributed by atoms with Crippen LogP contribution in [0.4, 0.5) is 0 Å². The number of esters is 1. The first-order valence-corrected chi connectivity index (χ1v) is 2.04. The molecule has 0 radical (unpaired) electrons. The average molecular weight is 139 g/mol. The molecule has 1 fully saturated rings. The third-order valence-electron chi connectivity index (χ3n) is 0.797. The van der Waals surface area contributed by atoms with Crippen LogP contribution in [0.1, 0.15) is 0 Å². The van der Waals surface area contributed by atoms with Crippen molar-refractivity contribution in [3.8, 4) is 0 Å². The second-order valence-electron chi connectivity index (χ2n) is 1.35. The Kier molecular flexibility index (Phi) is 2.79. The topological polar surface area (TPSA) is 38.8 Å². The number of carbonyl (C=O) groups is 1. The predicted octanol–water partition coefficient (Wildman–Crippen LogP) is -0.0200. The van der Waals surface area contributed by atoms with Gasteiger partial charge in [-0.15, -0.1) is 12.4 Å². The lowest BCUT2D eigenvalue weighted by molar-refractivity contribution is -0.142. The number of ether oxygens (including phenoxy) is 2. The first kappa shape index (κ1) is 7.72. The molecule has 0 bridgehead atoms. The number of hydrogen-bond acceptors (Lipinski definition) is 3. The molecule has 1 atom stereocenters. The van der Waals surface area contributed by atoms with E-state index in [1.807, 2.05) is 0 Å². The van der Waals surface area contributed by atoms with Crippen molar-refractivity contribution in [3.63, 3.8) is 0 Å². The summed E-state index contributed by atoms with van der Waals surface area (Å²) in [6.07, 6.45) is -0.245. The first-order valence-electron chi connectivity index (χ1n) is 2.04. The molecule has 0 aromatic rings. The Labute approximate surface area is 53.4 Å². The fraction of sp³-hybridized carbons (Fsp3) is 0.750. The van der Waals surface area contributed by atoms with E-state index < -0.39 is 0 Å². The van der Waals surface area contributed by atoms with Gasteiger partial charge in [0, 0.05) is 0 Å². The highest BCUT2D eigenvalue weighted by Crippen LogP contribution is 2.08. The molecular weight excluding hydrogens is 131 g/mol. The zero-order chi connectivity index (χ0) is 5.28. The van der Waals surface area contributed by atoms with Crippen molar-refractivity contribution in [3.05, 3.63) is 0 Å². The maximum absolute atomic E-state index is 10.2. The summed E-state index contributed by atoms with van der Waals surface area (Å²) in [6, 6.07) is 0. The van der Waals surface area contributed by atoms with E-state index in [0.29, 0.717) is 6.61 Å². The second-order valence-corrected chi connectivity index (χ2v) is 1.35. The molecule has 0 spiro atoms. The lowest BCUT2D eigenvalue weighted by Gasteiger charge is -1.87. The predicted molar refractivity (Wildman–Crippen MR) is 29.0 cm³/mol. The maximum atomic E-state index is 10.2. The summed E-state index contributed by atoms with van der Waals surface area (Å²) in [5, 5.41) is 0. The Morgan fingerprint density at radius 3 is 2.50 bits per heavy atom. The highest BCUT2D eigenvalue weighted by atomic mass is 35.5. The highest BCUT2D eigenvalue weighted by Gasteiger charge is 2.31. The molecule has 1 rings (SSSR count). The van der Waals surface area contributed by atoms with Crippen LogP contribution in [0.3, 0.4) is 0 Å². The van der Waals surface area contributed by atoms with E-state index in [-0.39, 0.29) is 24.5 Å². The summed E-state index contributed by atoms with van der Waals surface area (Å²) in [5.74, 6) is -0.264. The molecule has 0 aromatic carbocycles. The van der Waals surface area contributed by atoms with Crippen LogP contribution in [0.2, 0.25) is 0 Å². The van der Waals surface area contributed by atoms with E-state index in [2.05, 4.69) is 9.47 Å². The van der Waals surface area contributed by atoms with Crippen LogP contribution in [0.25, 0.3) is 0 Å². The molecule has 0 aliphatic carbocycles. The van der Waals surface area contributed by atoms with Gasteiger partial charge in [0.1, 0.15) is 0 Å². The molecule has 0 saturated carbocycles. The first-order chi connectivity index (χ1) is 3.34. The van der Waals surface area contributed by atoms with Gasteiger partial charge in [-0.05, 0) is 0 Å². The lowest BCUT2D eigenvalue weighted by Crippen LogP contribution is -2.07. The summed E-state index contributed by atoms with van der Waals surface area (Å²) >= 11 is 0. The summed E-state index contributed by atoms with van der Waals surface area (Å²) in [6.45, 7) is 0.534. The van der Waals surface area contributed by atoms with Crippen molar-refractivity contribution in [2.75, 3.05) is 13.7 Å². The van der Waals surface area contributed by atoms with Crippen LogP contribution >= 0.6 is 12.4 Å². The van der Waals surface area contributed by atoms with Gasteiger partial charge in [-0.25, -0.2) is 4.79 Å². The second kappa shape index (κ2) is 2.89. The minimum absolute atomic E-state index is 0. The van der Waals surface area contributed by atoms with E-state index in [0.717, 1.165) is 0 Å². The summed E-state index contributed by atoms with van der Waals surface area (Å²) in [4.78, 5) is 10.2. The maximum Gasteiger partial charge on any atom is 0.337 e. The number of rotatable bonds is 1. The van der Waals surface area contributed by atoms with Gasteiger partial charge in [-0.3, -0.25) is 0 Å². The molecule has 1 saturated heterocycles. The van der Waals surface area contributed by atoms with Gasteiger partial charge >= 0.3 is 5.97 Å². The molecule has 4 heteroatoms. The minimum Gasteiger partial charge on any atom is -0.467 e. The Balaban J connectivity index is 0.000000490. The fourth-order valence-corrected chi connectivity index (χ4v) is 0.316. The number of halogens is 1. The minimum atomic E-state index is -0.264. The molecule has 1 aliphatic rings. The van der Waals surface area contributed by atoms with E-state index in [1.54, 1.807) is 0 Å². The molecule has 0 N–H and O–H groups in total. The zero-order valence-electron chi connectivity index (χ0n) is 4.42. The van der Waals surface area contributed by atoms with Gasteiger partial charge < -0.3 is 9.47 Å². The van der Waals surface area contributed by atoms with Crippen molar-refractivity contribution in [2.24, 2.45) is 0 Å². The normalized spacial score (nSPS) is 23.4. The van der Waals surface area contributed by atoms with Crippen LogP contribution in [0.5, 0.6) is 0 Å². The molecule has 1 heterocycles. The number of hydrogen-bond donors (Lipinski definition) is 0. The molecular formula is C4H7ClO3. The van der Waals surface area contributed by atoms with E-state index >= 15 is 0 Å². The van der Waals surface area contributed by atoms with E-state index in [9.17, 15) is 4.79 Å². The SMILES string of the molecule is COC(=O)C1CO1.Cl. The summed E-state index contributed by atoms with van der Waals surface area (Å²) < 4.78 is 8.90. The van der Waals surface area contributed by atoms with Crippen LogP contribution in [0.15, 0.2) is 0 Å². The molecule has 0 amide bonds. The fourth-order valence-electron chi connectivity index (χ4n) is 0.316. The highest BCUT2D eigenvalue weighted by molar-refractivity contribution is 5.85. The quantitative estimate of drug-likeness (QED) is 0.378. The molecule has 1 aliphatic heterocycles. The standard InChI is InChI=1S/C4H6O3.ClH/c1-6-4(5)3-2-7-3;/h3H,2H2,1H3;1H. The molecule has 48 valence electrons. The van der Waals surface area contributed by atoms with Gasteiger partial charge in [0.05, 0.1) is 13.7 Å². The molecule has 1 unspecified atom stereocenters. The largest absolute Gasteiger partial charge is 0.467 e. The van der Waals surface area contributed by atoms with Crippen molar-refractivity contribution in [2.45, 2.75) is 6.10 Å². The van der Waals surface area contributed by atoms with Crippen molar-refractivity contribution < 1.29 is 14.3 Å². The molecule has 8 heavy (non-hydrogen) atoms. The van der Waals surface area contributed by atoms with Gasteiger partial charge in [0.25, 0.3) is 0 Å². The Morgan fingerprint density at radius 1 is 1.88 bits per heavy atom. The third-order valence-corrected chi connectivity index (χ3v) is 0.797. The average Bonchev–Trinajstić information content (AvgIpc) is 2.44. The Morgan fingerprint density at radius 2 is 2.38 bits per heavy atom. The van der Waals surface area contributed by atoms with Crippen molar-refractivity contribution in [1.29, 1.82) is 0 Å². The van der Waals surface area contributed by atoms with Crippen LogP contribution < -0.4 is 0 Å². The number of epoxide rings is 1. The summed E-state index contributed by atoms with van der Waals surface area (Å²) in [7, 11) is 1.35. The van der Waals surface area contributed by atoms with Gasteiger partial charge in [0.2, 0.25) is 0 Å². The smallest absolute Gasteiger partial charge is 0.337 e. The third kappa shape index (κ3) is 1.68. The van der Waals surface area contributed by atoms with Crippen LogP contribution in [-0.4, -0.2) is 25.8 Å². The van der Waals surface area contributed by atoms with Gasteiger partial charge in [-0.1, -0.05) is 0 Å². The van der Waals surface area contributed by atoms with Crippen molar-refractivity contribution in [1.82, 2.24) is 0 Å². The lowest BCUT2D eigenvalue weighted by atomic mass is 10.5. The van der Waals surface area contributed by atoms with Crippen LogP contribution in [-0.2, 0) is 14.3 Å².